The monoisotopic (exact) mass is 463 g/mol. The lowest BCUT2D eigenvalue weighted by Gasteiger charge is -2.11. The first-order valence-corrected chi connectivity index (χ1v) is 12.1. The molecule has 0 saturated heterocycles. The van der Waals surface area contributed by atoms with Crippen molar-refractivity contribution in [3.8, 4) is 5.75 Å². The fourth-order valence-corrected chi connectivity index (χ4v) is 4.65. The Bertz CT molecular complexity index is 1200. The number of amides is 1. The molecule has 0 bridgehead atoms. The number of hydrogen-bond donors (Lipinski definition) is 1. The minimum Gasteiger partial charge on any atom is -0.497 e. The van der Waals surface area contributed by atoms with Gasteiger partial charge in [-0.1, -0.05) is 37.4 Å². The van der Waals surface area contributed by atoms with Gasteiger partial charge in [-0.2, -0.15) is 0 Å². The van der Waals surface area contributed by atoms with E-state index < -0.39 is 15.9 Å². The number of hydrogen-bond acceptors (Lipinski definition) is 5. The zero-order chi connectivity index (χ0) is 22.6. The summed E-state index contributed by atoms with van der Waals surface area (Å²) in [5.41, 5.74) is 2.57. The van der Waals surface area contributed by atoms with E-state index in [0.29, 0.717) is 29.3 Å². The molecule has 0 radical (unpaired) electrons. The number of rotatable bonds is 9. The molecule has 31 heavy (non-hydrogen) atoms. The van der Waals surface area contributed by atoms with Gasteiger partial charge >= 0.3 is 0 Å². The highest BCUT2D eigenvalue weighted by Crippen LogP contribution is 2.26. The fraction of sp³-hybridized carbons (Fsp3) is 0.364. The average molecular weight is 464 g/mol. The van der Waals surface area contributed by atoms with Gasteiger partial charge in [-0.25, -0.2) is 18.1 Å². The molecular weight excluding hydrogens is 438 g/mol. The Labute approximate surface area is 187 Å². The third-order valence-corrected chi connectivity index (χ3v) is 6.73. The number of methoxy groups -OCH3 is 1. The summed E-state index contributed by atoms with van der Waals surface area (Å²) in [4.78, 5) is 17.1. The van der Waals surface area contributed by atoms with Crippen LogP contribution in [0.25, 0.3) is 11.0 Å². The SMILES string of the molecule is CCCCCS(=O)(=O)NC(=O)c1ccc2nc(C)n(Cc3ccc(OC)cc3Cl)c2c1. The smallest absolute Gasteiger partial charge is 0.264 e. The maximum Gasteiger partial charge on any atom is 0.264 e. The first-order valence-electron chi connectivity index (χ1n) is 10.1. The molecule has 166 valence electrons. The number of benzene rings is 2. The van der Waals surface area contributed by atoms with Crippen LogP contribution < -0.4 is 9.46 Å². The van der Waals surface area contributed by atoms with E-state index in [-0.39, 0.29) is 11.3 Å². The number of carbonyl (C=O) groups is 1. The van der Waals surface area contributed by atoms with Crippen LogP contribution in [0.2, 0.25) is 5.02 Å². The van der Waals surface area contributed by atoms with Gasteiger partial charge in [-0.05, 0) is 49.2 Å². The number of nitrogens with one attached hydrogen (secondary N) is 1. The number of unbranched alkanes of at least 4 members (excludes halogenated alkanes) is 2. The van der Waals surface area contributed by atoms with Crippen molar-refractivity contribution in [3.63, 3.8) is 0 Å². The molecule has 1 N–H and O–H groups in total. The first-order chi connectivity index (χ1) is 14.7. The van der Waals surface area contributed by atoms with E-state index in [1.807, 2.05) is 30.5 Å². The molecule has 9 heteroatoms. The minimum atomic E-state index is -3.67. The van der Waals surface area contributed by atoms with Crippen LogP contribution in [0.5, 0.6) is 5.75 Å². The summed E-state index contributed by atoms with van der Waals surface area (Å²) in [6.07, 6.45) is 2.22. The lowest BCUT2D eigenvalue weighted by atomic mass is 10.1. The van der Waals surface area contributed by atoms with E-state index in [2.05, 4.69) is 9.71 Å². The van der Waals surface area contributed by atoms with Gasteiger partial charge in [-0.3, -0.25) is 4.79 Å². The number of nitrogens with zero attached hydrogens (tertiary/aromatic N) is 2. The van der Waals surface area contributed by atoms with E-state index in [0.717, 1.165) is 29.7 Å². The third-order valence-electron chi connectivity index (χ3n) is 5.05. The molecule has 1 aromatic heterocycles. The number of ether oxygens (including phenoxy) is 1. The minimum absolute atomic E-state index is 0.0676. The van der Waals surface area contributed by atoms with Gasteiger partial charge in [0.2, 0.25) is 10.0 Å². The molecule has 0 saturated carbocycles. The summed E-state index contributed by atoms with van der Waals surface area (Å²) < 4.78 is 33.7. The Morgan fingerprint density at radius 3 is 2.65 bits per heavy atom. The van der Waals surface area contributed by atoms with E-state index in [4.69, 9.17) is 16.3 Å². The van der Waals surface area contributed by atoms with Crippen molar-refractivity contribution in [2.45, 2.75) is 39.7 Å². The lowest BCUT2D eigenvalue weighted by Crippen LogP contribution is -2.32. The number of fused-ring (bicyclic) bond motifs is 1. The molecule has 0 fully saturated rings. The van der Waals surface area contributed by atoms with Gasteiger partial charge in [0.05, 0.1) is 30.4 Å². The van der Waals surface area contributed by atoms with Crippen LogP contribution in [0.4, 0.5) is 0 Å². The average Bonchev–Trinajstić information content (AvgIpc) is 3.03. The molecule has 2 aromatic carbocycles. The van der Waals surface area contributed by atoms with Crippen LogP contribution in [-0.4, -0.2) is 36.7 Å². The Hall–Kier alpha value is -2.58. The molecule has 3 rings (SSSR count). The summed E-state index contributed by atoms with van der Waals surface area (Å²) in [6.45, 7) is 4.31. The number of aryl methyl sites for hydroxylation is 1. The van der Waals surface area contributed by atoms with E-state index >= 15 is 0 Å². The fourth-order valence-electron chi connectivity index (χ4n) is 3.33. The number of aromatic nitrogens is 2. The molecule has 0 unspecified atom stereocenters. The quantitative estimate of drug-likeness (QED) is 0.477. The van der Waals surface area contributed by atoms with E-state index in [9.17, 15) is 13.2 Å². The lowest BCUT2D eigenvalue weighted by molar-refractivity contribution is 0.0981. The molecule has 0 aliphatic carbocycles. The van der Waals surface area contributed by atoms with Crippen molar-refractivity contribution >= 4 is 38.6 Å². The van der Waals surface area contributed by atoms with Crippen molar-refractivity contribution in [1.82, 2.24) is 14.3 Å². The van der Waals surface area contributed by atoms with Gasteiger partial charge in [-0.15, -0.1) is 0 Å². The Morgan fingerprint density at radius 1 is 1.19 bits per heavy atom. The van der Waals surface area contributed by atoms with Crippen molar-refractivity contribution in [2.75, 3.05) is 12.9 Å². The number of carbonyl (C=O) groups excluding carboxylic acids is 1. The highest BCUT2D eigenvalue weighted by molar-refractivity contribution is 7.90. The molecule has 0 aliphatic heterocycles. The second kappa shape index (κ2) is 9.70. The second-order valence-electron chi connectivity index (χ2n) is 7.36. The summed E-state index contributed by atoms with van der Waals surface area (Å²) in [6, 6.07) is 10.4. The van der Waals surface area contributed by atoms with Gasteiger partial charge in [0.1, 0.15) is 11.6 Å². The summed E-state index contributed by atoms with van der Waals surface area (Å²) in [5.74, 6) is 0.708. The molecule has 0 aliphatic rings. The second-order valence-corrected chi connectivity index (χ2v) is 9.61. The molecule has 1 heterocycles. The molecule has 3 aromatic rings. The highest BCUT2D eigenvalue weighted by atomic mass is 35.5. The maximum atomic E-state index is 12.6. The van der Waals surface area contributed by atoms with Gasteiger partial charge in [0.15, 0.2) is 0 Å². The Kier molecular flexibility index (Phi) is 7.23. The molecule has 0 spiro atoms. The molecule has 7 nitrogen and oxygen atoms in total. The standard InChI is InChI=1S/C22H26ClN3O4S/c1-4-5-6-11-31(28,29)25-22(27)16-8-10-20-21(12-16)26(15(2)24-20)14-17-7-9-18(30-3)13-19(17)23/h7-10,12-13H,4-6,11,14H2,1-3H3,(H,25,27). The van der Waals surface area contributed by atoms with Crippen LogP contribution in [0.15, 0.2) is 36.4 Å². The summed E-state index contributed by atoms with van der Waals surface area (Å²) >= 11 is 6.39. The van der Waals surface area contributed by atoms with E-state index in [1.54, 1.807) is 31.4 Å². The van der Waals surface area contributed by atoms with Crippen LogP contribution in [-0.2, 0) is 16.6 Å². The van der Waals surface area contributed by atoms with Crippen molar-refractivity contribution < 1.29 is 17.9 Å². The maximum absolute atomic E-state index is 12.6. The number of imidazole rings is 1. The largest absolute Gasteiger partial charge is 0.497 e. The van der Waals surface area contributed by atoms with Crippen LogP contribution >= 0.6 is 11.6 Å². The number of halogens is 1. The predicted molar refractivity (Wildman–Crippen MR) is 122 cm³/mol. The van der Waals surface area contributed by atoms with Gasteiger partial charge < -0.3 is 9.30 Å². The normalized spacial score (nSPS) is 11.6. The van der Waals surface area contributed by atoms with Crippen molar-refractivity contribution in [3.05, 3.63) is 58.4 Å². The molecule has 0 atom stereocenters. The topological polar surface area (TPSA) is 90.3 Å². The zero-order valence-corrected chi connectivity index (χ0v) is 19.4. The predicted octanol–water partition coefficient (Wildman–Crippen LogP) is 4.30. The highest BCUT2D eigenvalue weighted by Gasteiger charge is 2.18. The van der Waals surface area contributed by atoms with Crippen molar-refractivity contribution in [2.24, 2.45) is 0 Å². The van der Waals surface area contributed by atoms with Crippen LogP contribution in [0.3, 0.4) is 0 Å². The van der Waals surface area contributed by atoms with Gasteiger partial charge in [0, 0.05) is 10.6 Å². The van der Waals surface area contributed by atoms with E-state index in [1.165, 1.54) is 0 Å². The Morgan fingerprint density at radius 2 is 1.97 bits per heavy atom. The molecule has 1 amide bonds. The van der Waals surface area contributed by atoms with Crippen LogP contribution in [0.1, 0.15) is 47.9 Å². The third kappa shape index (κ3) is 5.57. The summed E-state index contributed by atoms with van der Waals surface area (Å²) in [7, 11) is -2.09. The molecular formula is C22H26ClN3O4S. The summed E-state index contributed by atoms with van der Waals surface area (Å²) in [5, 5.41) is 0.563. The number of sulfonamides is 1. The van der Waals surface area contributed by atoms with Crippen LogP contribution in [0, 0.1) is 6.92 Å². The van der Waals surface area contributed by atoms with Gasteiger partial charge in [0.25, 0.3) is 5.91 Å². The van der Waals surface area contributed by atoms with Crippen molar-refractivity contribution in [1.29, 1.82) is 0 Å². The zero-order valence-electron chi connectivity index (χ0n) is 17.8. The first kappa shape index (κ1) is 23.1. The Balaban J connectivity index is 1.87.